The molecule has 1 heterocycles. The van der Waals surface area contributed by atoms with Crippen LogP contribution in [0.4, 0.5) is 0 Å². The zero-order valence-corrected chi connectivity index (χ0v) is 8.85. The summed E-state index contributed by atoms with van der Waals surface area (Å²) in [6.07, 6.45) is 6.93. The quantitative estimate of drug-likeness (QED) is 0.829. The van der Waals surface area contributed by atoms with Crippen LogP contribution in [0.1, 0.15) is 31.5 Å². The largest absolute Gasteiger partial charge is 0.310 e. The number of rotatable bonds is 3. The Kier molecular flexibility index (Phi) is 3.24. The molecule has 0 amide bonds. The van der Waals surface area contributed by atoms with Crippen molar-refractivity contribution in [1.82, 2.24) is 9.97 Å². The molecule has 1 aromatic rings. The molecule has 0 aliphatic heterocycles. The van der Waals surface area contributed by atoms with Crippen LogP contribution in [-0.2, 0) is 5.75 Å². The minimum Gasteiger partial charge on any atom is -0.310 e. The van der Waals surface area contributed by atoms with E-state index in [2.05, 4.69) is 9.97 Å². The van der Waals surface area contributed by atoms with Gasteiger partial charge in [-0.2, -0.15) is 11.8 Å². The second kappa shape index (κ2) is 4.64. The van der Waals surface area contributed by atoms with Crippen molar-refractivity contribution in [3.63, 3.8) is 0 Å². The van der Waals surface area contributed by atoms with Crippen LogP contribution in [0.15, 0.2) is 17.1 Å². The molecule has 14 heavy (non-hydrogen) atoms. The number of hydrogen-bond donors (Lipinski definition) is 1. The Hall–Kier alpha value is -0.770. The SMILES string of the molecule is O=c1ccnc(CSC2CCCC2)[nH]1. The van der Waals surface area contributed by atoms with Crippen molar-refractivity contribution in [3.8, 4) is 0 Å². The second-order valence-corrected chi connectivity index (χ2v) is 4.89. The van der Waals surface area contributed by atoms with Gasteiger partial charge in [-0.25, -0.2) is 4.98 Å². The molecule has 2 rings (SSSR count). The maximum atomic E-state index is 11.0. The lowest BCUT2D eigenvalue weighted by molar-refractivity contribution is 0.886. The Balaban J connectivity index is 1.88. The monoisotopic (exact) mass is 210 g/mol. The zero-order valence-electron chi connectivity index (χ0n) is 8.03. The van der Waals surface area contributed by atoms with Gasteiger partial charge in [0.15, 0.2) is 0 Å². The lowest BCUT2D eigenvalue weighted by Gasteiger charge is -2.06. The average molecular weight is 210 g/mol. The summed E-state index contributed by atoms with van der Waals surface area (Å²) in [6.45, 7) is 0. The first-order valence-corrected chi connectivity index (χ1v) is 6.05. The summed E-state index contributed by atoms with van der Waals surface area (Å²) in [7, 11) is 0. The predicted octanol–water partition coefficient (Wildman–Crippen LogP) is 1.95. The van der Waals surface area contributed by atoms with Crippen molar-refractivity contribution in [2.24, 2.45) is 0 Å². The van der Waals surface area contributed by atoms with Crippen molar-refractivity contribution < 1.29 is 0 Å². The maximum Gasteiger partial charge on any atom is 0.250 e. The first kappa shape index (κ1) is 9.77. The summed E-state index contributed by atoms with van der Waals surface area (Å²) < 4.78 is 0. The van der Waals surface area contributed by atoms with Crippen molar-refractivity contribution in [3.05, 3.63) is 28.4 Å². The van der Waals surface area contributed by atoms with Gasteiger partial charge >= 0.3 is 0 Å². The van der Waals surface area contributed by atoms with Crippen LogP contribution in [0.3, 0.4) is 0 Å². The van der Waals surface area contributed by atoms with Gasteiger partial charge in [-0.05, 0) is 12.8 Å². The van der Waals surface area contributed by atoms with E-state index in [0.29, 0.717) is 0 Å². The topological polar surface area (TPSA) is 45.8 Å². The first-order chi connectivity index (χ1) is 6.84. The number of nitrogens with zero attached hydrogens (tertiary/aromatic N) is 1. The molecule has 0 bridgehead atoms. The molecule has 76 valence electrons. The molecular formula is C10H14N2OS. The summed E-state index contributed by atoms with van der Waals surface area (Å²) in [6, 6.07) is 1.45. The molecule has 0 saturated heterocycles. The molecule has 1 aromatic heterocycles. The number of nitrogens with one attached hydrogen (secondary N) is 1. The third-order valence-electron chi connectivity index (χ3n) is 2.48. The first-order valence-electron chi connectivity index (χ1n) is 5.00. The number of aromatic nitrogens is 2. The molecule has 0 radical (unpaired) electrons. The van der Waals surface area contributed by atoms with E-state index in [-0.39, 0.29) is 5.56 Å². The minimum absolute atomic E-state index is 0.0537. The smallest absolute Gasteiger partial charge is 0.250 e. The van der Waals surface area contributed by atoms with Crippen LogP contribution in [0.25, 0.3) is 0 Å². The van der Waals surface area contributed by atoms with Gasteiger partial charge in [0, 0.05) is 17.5 Å². The molecular weight excluding hydrogens is 196 g/mol. The summed E-state index contributed by atoms with van der Waals surface area (Å²) in [5.41, 5.74) is -0.0537. The molecule has 1 aliphatic carbocycles. The van der Waals surface area contributed by atoms with Crippen molar-refractivity contribution in [1.29, 1.82) is 0 Å². The molecule has 3 nitrogen and oxygen atoms in total. The lowest BCUT2D eigenvalue weighted by Crippen LogP contribution is -2.08. The zero-order chi connectivity index (χ0) is 9.80. The van der Waals surface area contributed by atoms with E-state index < -0.39 is 0 Å². The van der Waals surface area contributed by atoms with Gasteiger partial charge in [0.1, 0.15) is 5.82 Å². The highest BCUT2D eigenvalue weighted by Crippen LogP contribution is 2.30. The second-order valence-electron chi connectivity index (χ2n) is 3.60. The maximum absolute atomic E-state index is 11.0. The summed E-state index contributed by atoms with van der Waals surface area (Å²) >= 11 is 1.91. The van der Waals surface area contributed by atoms with E-state index >= 15 is 0 Å². The predicted molar refractivity (Wildman–Crippen MR) is 58.4 cm³/mol. The van der Waals surface area contributed by atoms with Crippen molar-refractivity contribution in [2.75, 3.05) is 0 Å². The average Bonchev–Trinajstić information content (AvgIpc) is 2.67. The van der Waals surface area contributed by atoms with E-state index in [1.165, 1.54) is 31.7 Å². The lowest BCUT2D eigenvalue weighted by atomic mass is 10.4. The van der Waals surface area contributed by atoms with Gasteiger partial charge < -0.3 is 4.98 Å². The Labute approximate surface area is 87.3 Å². The highest BCUT2D eigenvalue weighted by atomic mass is 32.2. The molecule has 1 saturated carbocycles. The van der Waals surface area contributed by atoms with Gasteiger partial charge in [-0.3, -0.25) is 4.79 Å². The molecule has 0 spiro atoms. The molecule has 1 fully saturated rings. The van der Waals surface area contributed by atoms with E-state index in [9.17, 15) is 4.79 Å². The molecule has 0 aromatic carbocycles. The van der Waals surface area contributed by atoms with E-state index in [1.807, 2.05) is 11.8 Å². The molecule has 1 N–H and O–H groups in total. The van der Waals surface area contributed by atoms with Crippen LogP contribution < -0.4 is 5.56 Å². The Morgan fingerprint density at radius 2 is 2.29 bits per heavy atom. The van der Waals surface area contributed by atoms with Gasteiger partial charge in [-0.15, -0.1) is 0 Å². The highest BCUT2D eigenvalue weighted by Gasteiger charge is 2.15. The minimum atomic E-state index is -0.0537. The molecule has 0 unspecified atom stereocenters. The Morgan fingerprint density at radius 1 is 1.50 bits per heavy atom. The fourth-order valence-electron chi connectivity index (χ4n) is 1.74. The fraction of sp³-hybridized carbons (Fsp3) is 0.600. The van der Waals surface area contributed by atoms with Crippen LogP contribution in [0, 0.1) is 0 Å². The Morgan fingerprint density at radius 3 is 3.00 bits per heavy atom. The number of hydrogen-bond acceptors (Lipinski definition) is 3. The van der Waals surface area contributed by atoms with Crippen LogP contribution >= 0.6 is 11.8 Å². The third kappa shape index (κ3) is 2.61. The van der Waals surface area contributed by atoms with E-state index in [1.54, 1.807) is 6.20 Å². The number of thioether (sulfide) groups is 1. The van der Waals surface area contributed by atoms with Gasteiger partial charge in [0.05, 0.1) is 5.75 Å². The molecule has 4 heteroatoms. The van der Waals surface area contributed by atoms with Crippen molar-refractivity contribution >= 4 is 11.8 Å². The van der Waals surface area contributed by atoms with E-state index in [4.69, 9.17) is 0 Å². The summed E-state index contributed by atoms with van der Waals surface area (Å²) in [4.78, 5) is 17.8. The Bertz CT molecular complexity index is 344. The standard InChI is InChI=1S/C10H14N2OS/c13-10-5-6-11-9(12-10)7-14-8-3-1-2-4-8/h5-6,8H,1-4,7H2,(H,11,12,13). The van der Waals surface area contributed by atoms with Gasteiger partial charge in [-0.1, -0.05) is 12.8 Å². The highest BCUT2D eigenvalue weighted by molar-refractivity contribution is 7.99. The van der Waals surface area contributed by atoms with Crippen LogP contribution in [0.5, 0.6) is 0 Å². The third-order valence-corrected chi connectivity index (χ3v) is 3.86. The van der Waals surface area contributed by atoms with Gasteiger partial charge in [0.2, 0.25) is 0 Å². The summed E-state index contributed by atoms with van der Waals surface area (Å²) in [5.74, 6) is 1.63. The number of H-pyrrole nitrogens is 1. The molecule has 0 atom stereocenters. The molecule has 1 aliphatic rings. The van der Waals surface area contributed by atoms with Gasteiger partial charge in [0.25, 0.3) is 5.56 Å². The van der Waals surface area contributed by atoms with E-state index in [0.717, 1.165) is 16.8 Å². The summed E-state index contributed by atoms with van der Waals surface area (Å²) in [5, 5.41) is 0.778. The van der Waals surface area contributed by atoms with Crippen LogP contribution in [-0.4, -0.2) is 15.2 Å². The fourth-order valence-corrected chi connectivity index (χ4v) is 2.94. The number of aromatic amines is 1. The van der Waals surface area contributed by atoms with Crippen molar-refractivity contribution in [2.45, 2.75) is 36.7 Å². The normalized spacial score (nSPS) is 17.4. The van der Waals surface area contributed by atoms with Crippen LogP contribution in [0.2, 0.25) is 0 Å².